The maximum absolute atomic E-state index is 12.6. The van der Waals surface area contributed by atoms with Crippen molar-refractivity contribution < 1.29 is 4.57 Å². The van der Waals surface area contributed by atoms with Crippen LogP contribution in [-0.2, 0) is 4.57 Å². The minimum Gasteiger partial charge on any atom is -0.314 e. The van der Waals surface area contributed by atoms with E-state index in [1.54, 1.807) is 0 Å². The van der Waals surface area contributed by atoms with Gasteiger partial charge in [-0.3, -0.25) is 0 Å². The Labute approximate surface area is 104 Å². The molecule has 0 aliphatic rings. The molecular weight excluding hydrogens is 227 g/mol. The lowest BCUT2D eigenvalue weighted by atomic mass is 10.4. The Balaban J connectivity index is 0.000000686. The minimum atomic E-state index is -2.40. The first-order chi connectivity index (χ1) is 8.21. The molecule has 0 heterocycles. The van der Waals surface area contributed by atoms with E-state index in [9.17, 15) is 4.57 Å². The smallest absolute Gasteiger partial charge is 0.140 e. The third-order valence-electron chi connectivity index (χ3n) is 2.50. The van der Waals surface area contributed by atoms with E-state index in [-0.39, 0.29) is 0 Å². The van der Waals surface area contributed by atoms with Crippen molar-refractivity contribution in [2.24, 2.45) is 0 Å². The Morgan fingerprint density at radius 2 is 1.00 bits per heavy atom. The molecule has 0 aromatic heterocycles. The van der Waals surface area contributed by atoms with Crippen LogP contribution >= 0.6 is 7.14 Å². The van der Waals surface area contributed by atoms with E-state index in [2.05, 4.69) is 0 Å². The summed E-state index contributed by atoms with van der Waals surface area (Å²) in [7, 11) is -2.40. The van der Waals surface area contributed by atoms with Crippen LogP contribution in [0.3, 0.4) is 0 Å². The second-order valence-electron chi connectivity index (χ2n) is 3.60. The van der Waals surface area contributed by atoms with Crippen molar-refractivity contribution in [2.45, 2.75) is 13.8 Å². The van der Waals surface area contributed by atoms with Crippen molar-refractivity contribution in [3.63, 3.8) is 0 Å². The zero-order valence-corrected chi connectivity index (χ0v) is 11.5. The summed E-state index contributed by atoms with van der Waals surface area (Å²) in [6.45, 7) is 5.82. The van der Waals surface area contributed by atoms with Crippen molar-refractivity contribution in [1.82, 2.24) is 0 Å². The predicted molar refractivity (Wildman–Crippen MR) is 77.0 cm³/mol. The summed E-state index contributed by atoms with van der Waals surface area (Å²) < 4.78 is 12.6. The fraction of sp³-hybridized carbons (Fsp3) is 0.200. The molecule has 0 saturated heterocycles. The average Bonchev–Trinajstić information content (AvgIpc) is 2.43. The van der Waals surface area contributed by atoms with E-state index in [1.165, 1.54) is 0 Å². The molecule has 90 valence electrons. The molecule has 2 heteroatoms. The molecule has 17 heavy (non-hydrogen) atoms. The van der Waals surface area contributed by atoms with E-state index in [4.69, 9.17) is 0 Å². The topological polar surface area (TPSA) is 17.1 Å². The molecule has 2 aromatic rings. The Morgan fingerprint density at radius 3 is 1.29 bits per heavy atom. The summed E-state index contributed by atoms with van der Waals surface area (Å²) >= 11 is 0. The van der Waals surface area contributed by atoms with Gasteiger partial charge in [0.15, 0.2) is 0 Å². The van der Waals surface area contributed by atoms with Crippen LogP contribution in [0, 0.1) is 0 Å². The van der Waals surface area contributed by atoms with E-state index < -0.39 is 7.14 Å². The fourth-order valence-corrected chi connectivity index (χ4v) is 3.35. The van der Waals surface area contributed by atoms with Crippen LogP contribution in [0.15, 0.2) is 60.7 Å². The van der Waals surface area contributed by atoms with Crippen LogP contribution in [-0.4, -0.2) is 6.66 Å². The van der Waals surface area contributed by atoms with Gasteiger partial charge in [0, 0.05) is 10.6 Å². The summed E-state index contributed by atoms with van der Waals surface area (Å²) in [5.41, 5.74) is 0. The molecule has 2 rings (SSSR count). The number of benzene rings is 2. The standard InChI is InChI=1S/C13H13OP.C2H6/c1-15(14,12-8-4-2-5-9-12)13-10-6-3-7-11-13;1-2/h2-11H,1H3;1-2H3. The van der Waals surface area contributed by atoms with Crippen molar-refractivity contribution >= 4 is 17.8 Å². The molecule has 0 aliphatic heterocycles. The Morgan fingerprint density at radius 1 is 0.706 bits per heavy atom. The molecular formula is C15H19OP. The largest absolute Gasteiger partial charge is 0.314 e. The van der Waals surface area contributed by atoms with Gasteiger partial charge in [0.2, 0.25) is 0 Å². The second-order valence-corrected chi connectivity index (χ2v) is 6.48. The van der Waals surface area contributed by atoms with Gasteiger partial charge in [-0.15, -0.1) is 0 Å². The van der Waals surface area contributed by atoms with Gasteiger partial charge in [-0.1, -0.05) is 74.5 Å². The first kappa shape index (κ1) is 13.7. The normalized spacial score (nSPS) is 10.3. The van der Waals surface area contributed by atoms with Gasteiger partial charge < -0.3 is 4.57 Å². The van der Waals surface area contributed by atoms with Crippen LogP contribution in [0.1, 0.15) is 13.8 Å². The SMILES string of the molecule is CC.CP(=O)(c1ccccc1)c1ccccc1. The Kier molecular flexibility index (Phi) is 5.18. The van der Waals surface area contributed by atoms with E-state index in [0.717, 1.165) is 10.6 Å². The number of hydrogen-bond acceptors (Lipinski definition) is 1. The van der Waals surface area contributed by atoms with Gasteiger partial charge in [0.05, 0.1) is 0 Å². The number of hydrogen-bond donors (Lipinski definition) is 0. The lowest BCUT2D eigenvalue weighted by molar-refractivity contribution is 0.590. The Bertz CT molecular complexity index is 433. The molecule has 0 N–H and O–H groups in total. The highest BCUT2D eigenvalue weighted by molar-refractivity contribution is 7.78. The van der Waals surface area contributed by atoms with Crippen molar-refractivity contribution in [2.75, 3.05) is 6.66 Å². The monoisotopic (exact) mass is 246 g/mol. The summed E-state index contributed by atoms with van der Waals surface area (Å²) in [6.07, 6.45) is 0. The molecule has 0 amide bonds. The molecule has 0 aliphatic carbocycles. The third-order valence-corrected chi connectivity index (χ3v) is 5.06. The van der Waals surface area contributed by atoms with Gasteiger partial charge >= 0.3 is 0 Å². The summed E-state index contributed by atoms with van der Waals surface area (Å²) in [4.78, 5) is 0. The Hall–Kier alpha value is -1.33. The van der Waals surface area contributed by atoms with Crippen LogP contribution in [0.2, 0.25) is 0 Å². The summed E-state index contributed by atoms with van der Waals surface area (Å²) in [5.74, 6) is 0. The van der Waals surface area contributed by atoms with E-state index in [1.807, 2.05) is 81.2 Å². The van der Waals surface area contributed by atoms with E-state index in [0.29, 0.717) is 0 Å². The molecule has 0 spiro atoms. The highest BCUT2D eigenvalue weighted by atomic mass is 31.2. The van der Waals surface area contributed by atoms with Crippen molar-refractivity contribution in [3.8, 4) is 0 Å². The lowest BCUT2D eigenvalue weighted by Gasteiger charge is -2.13. The molecule has 0 fully saturated rings. The second kappa shape index (κ2) is 6.42. The maximum atomic E-state index is 12.6. The first-order valence-electron chi connectivity index (χ1n) is 5.90. The van der Waals surface area contributed by atoms with Crippen molar-refractivity contribution in [3.05, 3.63) is 60.7 Å². The average molecular weight is 246 g/mol. The highest BCUT2D eigenvalue weighted by Crippen LogP contribution is 2.38. The van der Waals surface area contributed by atoms with Crippen LogP contribution < -0.4 is 10.6 Å². The van der Waals surface area contributed by atoms with E-state index >= 15 is 0 Å². The fourth-order valence-electron chi connectivity index (χ4n) is 1.57. The predicted octanol–water partition coefficient (Wildman–Crippen LogP) is 3.66. The lowest BCUT2D eigenvalue weighted by Crippen LogP contribution is -2.14. The minimum absolute atomic E-state index is 0.913. The summed E-state index contributed by atoms with van der Waals surface area (Å²) in [5, 5.41) is 1.83. The molecule has 0 saturated carbocycles. The molecule has 0 radical (unpaired) electrons. The third kappa shape index (κ3) is 3.31. The molecule has 2 aromatic carbocycles. The van der Waals surface area contributed by atoms with Crippen LogP contribution in [0.25, 0.3) is 0 Å². The van der Waals surface area contributed by atoms with Gasteiger partial charge in [-0.05, 0) is 6.66 Å². The van der Waals surface area contributed by atoms with Gasteiger partial charge in [0.1, 0.15) is 7.14 Å². The zero-order valence-electron chi connectivity index (χ0n) is 10.6. The maximum Gasteiger partial charge on any atom is 0.140 e. The molecule has 1 nitrogen and oxygen atoms in total. The molecule has 0 bridgehead atoms. The first-order valence-corrected chi connectivity index (χ1v) is 8.05. The zero-order chi connectivity index (χ0) is 12.7. The number of rotatable bonds is 2. The van der Waals surface area contributed by atoms with Crippen LogP contribution in [0.4, 0.5) is 0 Å². The molecule has 0 atom stereocenters. The van der Waals surface area contributed by atoms with Crippen LogP contribution in [0.5, 0.6) is 0 Å². The van der Waals surface area contributed by atoms with Gasteiger partial charge in [-0.25, -0.2) is 0 Å². The highest BCUT2D eigenvalue weighted by Gasteiger charge is 2.19. The van der Waals surface area contributed by atoms with Gasteiger partial charge in [-0.2, -0.15) is 0 Å². The summed E-state index contributed by atoms with van der Waals surface area (Å²) in [6, 6.07) is 19.3. The van der Waals surface area contributed by atoms with Gasteiger partial charge in [0.25, 0.3) is 0 Å². The quantitative estimate of drug-likeness (QED) is 0.739. The van der Waals surface area contributed by atoms with Crippen molar-refractivity contribution in [1.29, 1.82) is 0 Å². The molecule has 0 unspecified atom stereocenters.